The van der Waals surface area contributed by atoms with Gasteiger partial charge in [-0.05, 0) is 37.8 Å². The van der Waals surface area contributed by atoms with Gasteiger partial charge in [0.05, 0.1) is 4.90 Å². The first-order valence-electron chi connectivity index (χ1n) is 9.10. The van der Waals surface area contributed by atoms with E-state index in [1.54, 1.807) is 6.07 Å². The van der Waals surface area contributed by atoms with Gasteiger partial charge in [-0.3, -0.25) is 4.55 Å². The maximum atomic E-state index is 14.3. The minimum Gasteiger partial charge on any atom is -1.00 e. The summed E-state index contributed by atoms with van der Waals surface area (Å²) < 4.78 is 46.8. The molecule has 1 aromatic carbocycles. The van der Waals surface area contributed by atoms with Crippen LogP contribution in [0, 0.1) is 0 Å². The second-order valence-corrected chi connectivity index (χ2v) is 12.1. The molecule has 2 saturated carbocycles. The van der Waals surface area contributed by atoms with E-state index in [9.17, 15) is 17.5 Å². The van der Waals surface area contributed by atoms with E-state index in [2.05, 4.69) is 0 Å². The summed E-state index contributed by atoms with van der Waals surface area (Å²) in [5.74, 6) is 0. The molecule has 1 aromatic rings. The maximum absolute atomic E-state index is 14.3. The van der Waals surface area contributed by atoms with Gasteiger partial charge in [0.1, 0.15) is 7.14 Å². The van der Waals surface area contributed by atoms with Crippen LogP contribution in [-0.2, 0) is 14.7 Å². The van der Waals surface area contributed by atoms with Gasteiger partial charge in [0.15, 0.2) is 0 Å². The van der Waals surface area contributed by atoms with E-state index < -0.39 is 17.3 Å². The fourth-order valence-corrected chi connectivity index (χ4v) is 9.49. The van der Waals surface area contributed by atoms with Crippen molar-refractivity contribution in [3.05, 3.63) is 24.3 Å². The molecule has 0 unspecified atom stereocenters. The number of benzene rings is 1. The smallest absolute Gasteiger partial charge is 1.00 e. The largest absolute Gasteiger partial charge is 1.00 e. The van der Waals surface area contributed by atoms with Gasteiger partial charge in [-0.15, -0.1) is 0 Å². The molecule has 2 fully saturated rings. The molecular weight excluding hydrogens is 366 g/mol. The average molecular weight is 394 g/mol. The minimum atomic E-state index is -4.27. The summed E-state index contributed by atoms with van der Waals surface area (Å²) in [6, 6.07) is 6.29. The first kappa shape index (κ1) is 21.7. The Morgan fingerprint density at radius 1 is 0.920 bits per heavy atom. The Labute approximate surface area is 175 Å². The summed E-state index contributed by atoms with van der Waals surface area (Å²) in [5, 5.41) is 0.663. The van der Waals surface area contributed by atoms with E-state index in [1.807, 2.05) is 6.07 Å². The molecule has 0 amide bonds. The summed E-state index contributed by atoms with van der Waals surface area (Å²) in [5.41, 5.74) is 0.344. The van der Waals surface area contributed by atoms with Crippen LogP contribution in [0.2, 0.25) is 0 Å². The van der Waals surface area contributed by atoms with Gasteiger partial charge in [-0.2, -0.15) is 8.42 Å². The normalized spacial score (nSPS) is 20.8. The first-order valence-corrected chi connectivity index (χ1v) is 12.4. The summed E-state index contributed by atoms with van der Waals surface area (Å²) in [4.78, 5) is -0.133. The van der Waals surface area contributed by atoms with Gasteiger partial charge in [-0.25, -0.2) is 0 Å². The van der Waals surface area contributed by atoms with E-state index >= 15 is 0 Å². The van der Waals surface area contributed by atoms with Gasteiger partial charge in [0.25, 0.3) is 10.1 Å². The van der Waals surface area contributed by atoms with E-state index in [0.717, 1.165) is 51.4 Å². The van der Waals surface area contributed by atoms with Gasteiger partial charge in [-0.1, -0.05) is 50.7 Å². The van der Waals surface area contributed by atoms with E-state index in [4.69, 9.17) is 0 Å². The molecule has 25 heavy (non-hydrogen) atoms. The first-order chi connectivity index (χ1) is 11.4. The molecule has 2 aliphatic rings. The molecule has 0 spiro atoms. The second-order valence-electron chi connectivity index (χ2n) is 7.27. The van der Waals surface area contributed by atoms with Crippen LogP contribution in [0.25, 0.3) is 0 Å². The topological polar surface area (TPSA) is 71.4 Å². The fourth-order valence-electron chi connectivity index (χ4n) is 4.51. The van der Waals surface area contributed by atoms with Crippen LogP contribution in [0.4, 0.5) is 0 Å². The average Bonchev–Trinajstić information content (AvgIpc) is 2.62. The molecule has 0 saturated heterocycles. The molecule has 0 atom stereocenters. The molecule has 1 N–H and O–H groups in total. The summed E-state index contributed by atoms with van der Waals surface area (Å²) in [6.45, 7) is 0. The molecule has 136 valence electrons. The van der Waals surface area contributed by atoms with Gasteiger partial charge >= 0.3 is 29.6 Å². The molecule has 7 heteroatoms. The van der Waals surface area contributed by atoms with Crippen molar-refractivity contribution < 1.29 is 48.5 Å². The third-order valence-electron chi connectivity index (χ3n) is 5.75. The predicted octanol–water partition coefficient (Wildman–Crippen LogP) is 1.70. The molecule has 0 bridgehead atoms. The third-order valence-corrected chi connectivity index (χ3v) is 10.9. The molecule has 0 aromatic heterocycles. The molecular formula is C18H28NaO4PS. The van der Waals surface area contributed by atoms with Crippen LogP contribution in [0.5, 0.6) is 0 Å². The summed E-state index contributed by atoms with van der Waals surface area (Å²) >= 11 is 0. The van der Waals surface area contributed by atoms with E-state index in [1.165, 1.54) is 25.0 Å². The van der Waals surface area contributed by atoms with Crippen LogP contribution in [-0.4, -0.2) is 24.3 Å². The van der Waals surface area contributed by atoms with Crippen molar-refractivity contribution in [2.75, 3.05) is 0 Å². The third kappa shape index (κ3) is 4.80. The van der Waals surface area contributed by atoms with Crippen molar-refractivity contribution in [3.63, 3.8) is 0 Å². The van der Waals surface area contributed by atoms with Crippen molar-refractivity contribution in [2.45, 2.75) is 80.4 Å². The Balaban J connectivity index is 0.00000169. The maximum Gasteiger partial charge on any atom is 1.00 e. The predicted molar refractivity (Wildman–Crippen MR) is 98.4 cm³/mol. The van der Waals surface area contributed by atoms with Gasteiger partial charge in [0.2, 0.25) is 0 Å². The Morgan fingerprint density at radius 2 is 1.40 bits per heavy atom. The Morgan fingerprint density at radius 3 is 1.84 bits per heavy atom. The SMILES string of the molecule is O=P(c1cccc(S(=O)(=O)O)c1)(C1CCCCC1)C1CCCCC1.[H-].[Na+]. The Bertz CT molecular complexity index is 706. The molecule has 2 aliphatic carbocycles. The minimum absolute atomic E-state index is 0. The second kappa shape index (κ2) is 9.03. The van der Waals surface area contributed by atoms with E-state index in [0.29, 0.717) is 5.30 Å². The van der Waals surface area contributed by atoms with Gasteiger partial charge < -0.3 is 5.99 Å². The van der Waals surface area contributed by atoms with Gasteiger partial charge in [0, 0.05) is 16.6 Å². The van der Waals surface area contributed by atoms with Crippen LogP contribution < -0.4 is 34.9 Å². The van der Waals surface area contributed by atoms with Crippen molar-refractivity contribution in [3.8, 4) is 0 Å². The quantitative estimate of drug-likeness (QED) is 0.479. The standard InChI is InChI=1S/C18H27O4PS.Na.H/c19-23(15-8-3-1-4-9-15,16-10-5-2-6-11-16)17-12-7-13-18(14-17)24(20,21)22;;/h7,12-16H,1-6,8-11H2,(H,20,21,22);;/q;+1;-1. The van der Waals surface area contributed by atoms with Crippen LogP contribution in [0.1, 0.15) is 65.6 Å². The van der Waals surface area contributed by atoms with Crippen LogP contribution in [0.15, 0.2) is 29.2 Å². The zero-order valence-electron chi connectivity index (χ0n) is 16.1. The fraction of sp³-hybridized carbons (Fsp3) is 0.667. The Kier molecular flexibility index (Phi) is 7.83. The number of hydrogen-bond donors (Lipinski definition) is 1. The van der Waals surface area contributed by atoms with Crippen LogP contribution in [0.3, 0.4) is 0 Å². The van der Waals surface area contributed by atoms with Crippen molar-refractivity contribution in [2.24, 2.45) is 0 Å². The van der Waals surface area contributed by atoms with Crippen molar-refractivity contribution in [1.82, 2.24) is 0 Å². The molecule has 4 nitrogen and oxygen atoms in total. The van der Waals surface area contributed by atoms with Crippen molar-refractivity contribution >= 4 is 22.6 Å². The summed E-state index contributed by atoms with van der Waals surface area (Å²) in [6.07, 6.45) is 10.7. The molecule has 0 aliphatic heterocycles. The zero-order chi connectivity index (χ0) is 17.2. The molecule has 0 radical (unpaired) electrons. The monoisotopic (exact) mass is 394 g/mol. The number of hydrogen-bond acceptors (Lipinski definition) is 3. The van der Waals surface area contributed by atoms with Crippen LogP contribution >= 0.6 is 7.14 Å². The molecule has 0 heterocycles. The Hall–Kier alpha value is 0.360. The number of rotatable bonds is 4. The van der Waals surface area contributed by atoms with Crippen molar-refractivity contribution in [1.29, 1.82) is 0 Å². The zero-order valence-corrected chi connectivity index (χ0v) is 18.8. The van der Waals surface area contributed by atoms with E-state index in [-0.39, 0.29) is 47.2 Å². The summed E-state index contributed by atoms with van der Waals surface area (Å²) in [7, 11) is -6.96. The molecule has 3 rings (SSSR count).